The van der Waals surface area contributed by atoms with Crippen LogP contribution in [0.3, 0.4) is 0 Å². The average molecular weight is 461 g/mol. The monoisotopic (exact) mass is 460 g/mol. The summed E-state index contributed by atoms with van der Waals surface area (Å²) in [6.45, 7) is 7.56. The van der Waals surface area contributed by atoms with Crippen LogP contribution in [0.25, 0.3) is 0 Å². The van der Waals surface area contributed by atoms with Crippen molar-refractivity contribution in [1.82, 2.24) is 15.2 Å². The van der Waals surface area contributed by atoms with Crippen molar-refractivity contribution in [3.05, 3.63) is 22.8 Å². The number of aromatic nitrogens is 1. The van der Waals surface area contributed by atoms with Crippen LogP contribution in [0, 0.1) is 11.8 Å². The molecule has 31 heavy (non-hydrogen) atoms. The van der Waals surface area contributed by atoms with Gasteiger partial charge in [-0.2, -0.15) is 13.2 Å². The van der Waals surface area contributed by atoms with Gasteiger partial charge >= 0.3 is 6.18 Å². The molecule has 0 atom stereocenters. The predicted molar refractivity (Wildman–Crippen MR) is 116 cm³/mol. The molecule has 1 N–H and O–H groups in total. The van der Waals surface area contributed by atoms with Crippen molar-refractivity contribution in [2.75, 3.05) is 44.2 Å². The third-order valence-corrected chi connectivity index (χ3v) is 6.67. The summed E-state index contributed by atoms with van der Waals surface area (Å²) >= 11 is 6.04. The van der Waals surface area contributed by atoms with E-state index >= 15 is 0 Å². The Kier molecular flexibility index (Phi) is 8.44. The van der Waals surface area contributed by atoms with Gasteiger partial charge in [0.05, 0.1) is 10.6 Å². The van der Waals surface area contributed by atoms with E-state index in [9.17, 15) is 18.0 Å². The van der Waals surface area contributed by atoms with E-state index in [0.29, 0.717) is 38.3 Å². The smallest absolute Gasteiger partial charge is 0.356 e. The van der Waals surface area contributed by atoms with Crippen molar-refractivity contribution < 1.29 is 18.0 Å². The van der Waals surface area contributed by atoms with Gasteiger partial charge < -0.3 is 15.1 Å². The third-order valence-electron chi connectivity index (χ3n) is 6.39. The number of halogens is 4. The summed E-state index contributed by atoms with van der Waals surface area (Å²) in [7, 11) is 0. The van der Waals surface area contributed by atoms with Crippen molar-refractivity contribution in [2.24, 2.45) is 11.8 Å². The summed E-state index contributed by atoms with van der Waals surface area (Å²) < 4.78 is 38.3. The molecule has 1 amide bonds. The lowest BCUT2D eigenvalue weighted by Crippen LogP contribution is -2.41. The number of unbranched alkanes of at least 4 members (excludes halogenated alkanes) is 1. The minimum Gasteiger partial charge on any atom is -0.356 e. The SMILES string of the molecule is CC1CCN(CCCCNC(=O)C2CCN(c3ncc(C(F)(F)F)cc3Cl)CC2)CC1. The molecule has 0 bridgehead atoms. The zero-order valence-corrected chi connectivity index (χ0v) is 18.8. The van der Waals surface area contributed by atoms with Gasteiger partial charge in [0.15, 0.2) is 0 Å². The van der Waals surface area contributed by atoms with E-state index in [0.717, 1.165) is 37.6 Å². The molecule has 0 saturated carbocycles. The van der Waals surface area contributed by atoms with E-state index in [1.165, 1.54) is 25.9 Å². The lowest BCUT2D eigenvalue weighted by Gasteiger charge is -2.32. The maximum atomic E-state index is 12.8. The Morgan fingerprint density at radius 3 is 2.45 bits per heavy atom. The Morgan fingerprint density at radius 1 is 1.16 bits per heavy atom. The largest absolute Gasteiger partial charge is 0.417 e. The number of alkyl halides is 3. The number of carbonyl (C=O) groups excluding carboxylic acids is 1. The number of pyridine rings is 1. The molecule has 0 aliphatic carbocycles. The molecule has 2 aliphatic heterocycles. The molecular weight excluding hydrogens is 429 g/mol. The number of nitrogens with zero attached hydrogens (tertiary/aromatic N) is 3. The fourth-order valence-electron chi connectivity index (χ4n) is 4.27. The van der Waals surface area contributed by atoms with E-state index in [1.54, 1.807) is 0 Å². The molecular formula is C22H32ClF3N4O. The molecule has 2 aliphatic rings. The topological polar surface area (TPSA) is 48.5 Å². The zero-order chi connectivity index (χ0) is 22.4. The van der Waals surface area contributed by atoms with Gasteiger partial charge in [0, 0.05) is 31.7 Å². The van der Waals surface area contributed by atoms with Crippen LogP contribution in [0.2, 0.25) is 5.02 Å². The van der Waals surface area contributed by atoms with Crippen LogP contribution in [-0.4, -0.2) is 55.1 Å². The van der Waals surface area contributed by atoms with Gasteiger partial charge in [0.25, 0.3) is 0 Å². The Bertz CT molecular complexity index is 730. The van der Waals surface area contributed by atoms with Crippen molar-refractivity contribution >= 4 is 23.3 Å². The molecule has 1 aromatic rings. The highest BCUT2D eigenvalue weighted by atomic mass is 35.5. The van der Waals surface area contributed by atoms with Gasteiger partial charge in [-0.15, -0.1) is 0 Å². The Labute approximate surface area is 187 Å². The maximum Gasteiger partial charge on any atom is 0.417 e. The molecule has 1 aromatic heterocycles. The lowest BCUT2D eigenvalue weighted by atomic mass is 9.96. The van der Waals surface area contributed by atoms with Crippen LogP contribution < -0.4 is 10.2 Å². The predicted octanol–water partition coefficient (Wildman–Crippen LogP) is 4.60. The number of likely N-dealkylation sites (tertiary alicyclic amines) is 1. The Hall–Kier alpha value is -1.54. The van der Waals surface area contributed by atoms with E-state index in [1.807, 2.05) is 4.90 Å². The first kappa shape index (κ1) is 24.1. The summed E-state index contributed by atoms with van der Waals surface area (Å²) in [6.07, 6.45) is 2.24. The second-order valence-corrected chi connectivity index (χ2v) is 9.22. The summed E-state index contributed by atoms with van der Waals surface area (Å²) in [4.78, 5) is 20.7. The summed E-state index contributed by atoms with van der Waals surface area (Å²) in [5.41, 5.74) is -0.856. The van der Waals surface area contributed by atoms with Gasteiger partial charge in [-0.3, -0.25) is 4.79 Å². The summed E-state index contributed by atoms with van der Waals surface area (Å²) in [5.74, 6) is 1.18. The highest BCUT2D eigenvalue weighted by molar-refractivity contribution is 6.33. The fraction of sp³-hybridized carbons (Fsp3) is 0.727. The first-order valence-corrected chi connectivity index (χ1v) is 11.6. The molecule has 9 heteroatoms. The van der Waals surface area contributed by atoms with Crippen LogP contribution in [0.15, 0.2) is 12.3 Å². The average Bonchev–Trinajstić information content (AvgIpc) is 2.74. The number of hydrogen-bond donors (Lipinski definition) is 1. The number of anilines is 1. The van der Waals surface area contributed by atoms with Crippen molar-refractivity contribution in [2.45, 2.75) is 51.6 Å². The van der Waals surface area contributed by atoms with Crippen molar-refractivity contribution in [3.63, 3.8) is 0 Å². The molecule has 0 radical (unpaired) electrons. The molecule has 5 nitrogen and oxygen atoms in total. The van der Waals surface area contributed by atoms with E-state index in [4.69, 9.17) is 11.6 Å². The Morgan fingerprint density at radius 2 is 1.84 bits per heavy atom. The molecule has 0 spiro atoms. The maximum absolute atomic E-state index is 12.8. The standard InChI is InChI=1S/C22H32ClF3N4O/c1-16-4-10-29(11-5-16)9-3-2-8-27-21(31)17-6-12-30(13-7-17)20-19(23)14-18(15-28-20)22(24,25)26/h14-17H,2-13H2,1H3,(H,27,31). The normalized spacial score (nSPS) is 19.6. The zero-order valence-electron chi connectivity index (χ0n) is 18.1. The van der Waals surface area contributed by atoms with E-state index < -0.39 is 11.7 Å². The second kappa shape index (κ2) is 10.9. The van der Waals surface area contributed by atoms with Gasteiger partial charge in [0.1, 0.15) is 5.82 Å². The quantitative estimate of drug-likeness (QED) is 0.604. The summed E-state index contributed by atoms with van der Waals surface area (Å²) in [5, 5.41) is 3.03. The van der Waals surface area contributed by atoms with Gasteiger partial charge in [-0.05, 0) is 70.1 Å². The van der Waals surface area contributed by atoms with Crippen molar-refractivity contribution in [3.8, 4) is 0 Å². The van der Waals surface area contributed by atoms with Crippen molar-refractivity contribution in [1.29, 1.82) is 0 Å². The number of hydrogen-bond acceptors (Lipinski definition) is 4. The highest BCUT2D eigenvalue weighted by Gasteiger charge is 2.33. The van der Waals surface area contributed by atoms with E-state index in [-0.39, 0.29) is 16.8 Å². The first-order valence-electron chi connectivity index (χ1n) is 11.2. The van der Waals surface area contributed by atoms with Crippen LogP contribution in [-0.2, 0) is 11.0 Å². The summed E-state index contributed by atoms with van der Waals surface area (Å²) in [6, 6.07) is 0.910. The first-order chi connectivity index (χ1) is 14.7. The van der Waals surface area contributed by atoms with Gasteiger partial charge in [0.2, 0.25) is 5.91 Å². The number of nitrogens with one attached hydrogen (secondary N) is 1. The minimum atomic E-state index is -4.47. The van der Waals surface area contributed by atoms with Gasteiger partial charge in [-0.1, -0.05) is 18.5 Å². The van der Waals surface area contributed by atoms with Crippen LogP contribution >= 0.6 is 11.6 Å². The van der Waals surface area contributed by atoms with Crippen LogP contribution in [0.5, 0.6) is 0 Å². The lowest BCUT2D eigenvalue weighted by molar-refractivity contribution is -0.137. The minimum absolute atomic E-state index is 0.0131. The van der Waals surface area contributed by atoms with E-state index in [2.05, 4.69) is 22.1 Å². The molecule has 2 saturated heterocycles. The molecule has 174 valence electrons. The molecule has 3 heterocycles. The number of piperidine rings is 2. The third kappa shape index (κ3) is 6.97. The second-order valence-electron chi connectivity index (χ2n) is 8.81. The van der Waals surface area contributed by atoms with Crippen LogP contribution in [0.1, 0.15) is 51.0 Å². The Balaban J connectivity index is 1.35. The number of amides is 1. The van der Waals surface area contributed by atoms with Gasteiger partial charge in [-0.25, -0.2) is 4.98 Å². The number of carbonyl (C=O) groups is 1. The van der Waals surface area contributed by atoms with Crippen LogP contribution in [0.4, 0.5) is 19.0 Å². The molecule has 3 rings (SSSR count). The molecule has 0 unspecified atom stereocenters. The molecule has 0 aromatic carbocycles. The molecule has 2 fully saturated rings. The highest BCUT2D eigenvalue weighted by Crippen LogP contribution is 2.34. The number of rotatable bonds is 7. The fourth-order valence-corrected chi connectivity index (χ4v) is 4.56.